The van der Waals surface area contributed by atoms with E-state index in [1.807, 2.05) is 18.3 Å². The molecule has 1 aliphatic rings. The SMILES string of the molecule is CN=C(NCCc1c[nH]c2ccc(F)cc12)NC1CCN(c2ncccc2Cl)C1.I. The first kappa shape index (κ1) is 22.6. The van der Waals surface area contributed by atoms with E-state index in [0.29, 0.717) is 11.6 Å². The van der Waals surface area contributed by atoms with Gasteiger partial charge in [-0.3, -0.25) is 4.99 Å². The normalized spacial score (nSPS) is 16.6. The zero-order chi connectivity index (χ0) is 20.2. The van der Waals surface area contributed by atoms with E-state index in [1.165, 1.54) is 6.07 Å². The van der Waals surface area contributed by atoms with Gasteiger partial charge in [-0.1, -0.05) is 11.6 Å². The summed E-state index contributed by atoms with van der Waals surface area (Å²) in [5.74, 6) is 1.37. The van der Waals surface area contributed by atoms with Gasteiger partial charge in [0, 0.05) is 56.0 Å². The van der Waals surface area contributed by atoms with Crippen molar-refractivity contribution in [2.45, 2.75) is 18.9 Å². The van der Waals surface area contributed by atoms with Crippen molar-refractivity contribution in [3.05, 3.63) is 59.1 Å². The van der Waals surface area contributed by atoms with Gasteiger partial charge in [-0.15, -0.1) is 24.0 Å². The maximum Gasteiger partial charge on any atom is 0.191 e. The van der Waals surface area contributed by atoms with Crippen molar-refractivity contribution in [2.75, 3.05) is 31.6 Å². The van der Waals surface area contributed by atoms with E-state index < -0.39 is 0 Å². The van der Waals surface area contributed by atoms with Crippen LogP contribution in [-0.2, 0) is 6.42 Å². The lowest BCUT2D eigenvalue weighted by molar-refractivity contribution is 0.629. The molecule has 3 N–H and O–H groups in total. The first-order chi connectivity index (χ1) is 14.1. The summed E-state index contributed by atoms with van der Waals surface area (Å²) in [6, 6.07) is 8.77. The fourth-order valence-electron chi connectivity index (χ4n) is 3.74. The molecule has 1 aromatic carbocycles. The number of aromatic amines is 1. The molecule has 1 unspecified atom stereocenters. The Bertz CT molecular complexity index is 1020. The smallest absolute Gasteiger partial charge is 0.191 e. The van der Waals surface area contributed by atoms with Crippen molar-refractivity contribution in [3.8, 4) is 0 Å². The van der Waals surface area contributed by atoms with Gasteiger partial charge in [-0.05, 0) is 48.7 Å². The van der Waals surface area contributed by atoms with E-state index in [4.69, 9.17) is 11.6 Å². The van der Waals surface area contributed by atoms with Crippen LogP contribution in [0.2, 0.25) is 5.02 Å². The minimum atomic E-state index is -0.220. The number of pyridine rings is 1. The number of fused-ring (bicyclic) bond motifs is 1. The first-order valence-corrected chi connectivity index (χ1v) is 10.1. The molecular weight excluding hydrogens is 518 g/mol. The van der Waals surface area contributed by atoms with Crippen LogP contribution in [0.15, 0.2) is 47.7 Å². The van der Waals surface area contributed by atoms with Gasteiger partial charge in [0.15, 0.2) is 5.96 Å². The number of nitrogens with one attached hydrogen (secondary N) is 3. The average molecular weight is 543 g/mol. The van der Waals surface area contributed by atoms with Crippen LogP contribution in [0.1, 0.15) is 12.0 Å². The van der Waals surface area contributed by atoms with E-state index in [-0.39, 0.29) is 35.8 Å². The highest BCUT2D eigenvalue weighted by Crippen LogP contribution is 2.25. The van der Waals surface area contributed by atoms with Crippen LogP contribution in [0.3, 0.4) is 0 Å². The Kier molecular flexibility index (Phi) is 7.76. The van der Waals surface area contributed by atoms with Crippen LogP contribution >= 0.6 is 35.6 Å². The van der Waals surface area contributed by atoms with Crippen LogP contribution in [0.4, 0.5) is 10.2 Å². The number of halogens is 3. The number of H-pyrrole nitrogens is 1. The third kappa shape index (κ3) is 5.15. The van der Waals surface area contributed by atoms with Crippen molar-refractivity contribution in [1.29, 1.82) is 0 Å². The Morgan fingerprint density at radius 2 is 2.27 bits per heavy atom. The van der Waals surface area contributed by atoms with Gasteiger partial charge >= 0.3 is 0 Å². The number of guanidine groups is 1. The van der Waals surface area contributed by atoms with Gasteiger partial charge in [0.2, 0.25) is 0 Å². The van der Waals surface area contributed by atoms with Crippen molar-refractivity contribution in [3.63, 3.8) is 0 Å². The van der Waals surface area contributed by atoms with Crippen LogP contribution in [0.5, 0.6) is 0 Å². The number of nitrogens with zero attached hydrogens (tertiary/aromatic N) is 3. The molecule has 0 radical (unpaired) electrons. The quantitative estimate of drug-likeness (QED) is 0.259. The summed E-state index contributed by atoms with van der Waals surface area (Å²) in [6.07, 6.45) is 5.45. The molecule has 4 rings (SSSR count). The summed E-state index contributed by atoms with van der Waals surface area (Å²) in [4.78, 5) is 14.1. The summed E-state index contributed by atoms with van der Waals surface area (Å²) < 4.78 is 13.5. The van der Waals surface area contributed by atoms with Gasteiger partial charge in [-0.2, -0.15) is 0 Å². The van der Waals surface area contributed by atoms with Crippen molar-refractivity contribution >= 4 is 58.3 Å². The van der Waals surface area contributed by atoms with Crippen LogP contribution in [0.25, 0.3) is 10.9 Å². The van der Waals surface area contributed by atoms with Gasteiger partial charge < -0.3 is 20.5 Å². The number of hydrogen-bond acceptors (Lipinski definition) is 3. The van der Waals surface area contributed by atoms with Crippen molar-refractivity contribution < 1.29 is 4.39 Å². The molecule has 0 amide bonds. The average Bonchev–Trinajstić information content (AvgIpc) is 3.34. The summed E-state index contributed by atoms with van der Waals surface area (Å²) >= 11 is 6.27. The molecule has 0 bridgehead atoms. The summed E-state index contributed by atoms with van der Waals surface area (Å²) in [5.41, 5.74) is 2.03. The molecular formula is C21H25ClFIN6. The van der Waals surface area contributed by atoms with E-state index in [9.17, 15) is 4.39 Å². The predicted octanol–water partition coefficient (Wildman–Crippen LogP) is 3.96. The Morgan fingerprint density at radius 1 is 1.40 bits per heavy atom. The maximum absolute atomic E-state index is 13.5. The number of aliphatic imine (C=N–C) groups is 1. The van der Waals surface area contributed by atoms with Crippen LogP contribution in [-0.4, -0.2) is 48.7 Å². The molecule has 0 spiro atoms. The number of hydrogen-bond donors (Lipinski definition) is 3. The second-order valence-electron chi connectivity index (χ2n) is 7.14. The molecule has 9 heteroatoms. The third-order valence-electron chi connectivity index (χ3n) is 5.21. The molecule has 6 nitrogen and oxygen atoms in total. The first-order valence-electron chi connectivity index (χ1n) is 9.72. The molecule has 3 heterocycles. The minimum absolute atomic E-state index is 0. The maximum atomic E-state index is 13.5. The Hall–Kier alpha value is -2.07. The number of rotatable bonds is 5. The Labute approximate surface area is 197 Å². The second-order valence-corrected chi connectivity index (χ2v) is 7.54. The topological polar surface area (TPSA) is 68.3 Å². The number of anilines is 1. The van der Waals surface area contributed by atoms with Crippen LogP contribution < -0.4 is 15.5 Å². The second kappa shape index (κ2) is 10.3. The Morgan fingerprint density at radius 3 is 3.07 bits per heavy atom. The largest absolute Gasteiger partial charge is 0.361 e. The molecule has 0 aliphatic carbocycles. The highest BCUT2D eigenvalue weighted by molar-refractivity contribution is 14.0. The fraction of sp³-hybridized carbons (Fsp3) is 0.333. The Balaban J connectivity index is 0.00000256. The summed E-state index contributed by atoms with van der Waals surface area (Å²) in [7, 11) is 1.76. The van der Waals surface area contributed by atoms with Crippen LogP contribution in [0, 0.1) is 5.82 Å². The minimum Gasteiger partial charge on any atom is -0.361 e. The van der Waals surface area contributed by atoms with E-state index >= 15 is 0 Å². The molecule has 3 aromatic rings. The summed E-state index contributed by atoms with van der Waals surface area (Å²) in [5, 5.41) is 8.42. The van der Waals surface area contributed by atoms with Gasteiger partial charge in [0.1, 0.15) is 11.6 Å². The summed E-state index contributed by atoms with van der Waals surface area (Å²) in [6.45, 7) is 2.41. The van der Waals surface area contributed by atoms with Gasteiger partial charge in [0.05, 0.1) is 5.02 Å². The lowest BCUT2D eigenvalue weighted by Gasteiger charge is -2.20. The van der Waals surface area contributed by atoms with E-state index in [0.717, 1.165) is 54.2 Å². The molecule has 1 atom stereocenters. The molecule has 0 saturated carbocycles. The lowest BCUT2D eigenvalue weighted by atomic mass is 10.1. The molecule has 160 valence electrons. The lowest BCUT2D eigenvalue weighted by Crippen LogP contribution is -2.45. The zero-order valence-electron chi connectivity index (χ0n) is 16.7. The van der Waals surface area contributed by atoms with Gasteiger partial charge in [0.25, 0.3) is 0 Å². The molecule has 1 aliphatic heterocycles. The van der Waals surface area contributed by atoms with E-state index in [1.54, 1.807) is 25.4 Å². The number of aromatic nitrogens is 2. The third-order valence-corrected chi connectivity index (χ3v) is 5.50. The van der Waals surface area contributed by atoms with E-state index in [2.05, 4.69) is 30.5 Å². The standard InChI is InChI=1S/C21H24ClFN6.HI/c1-24-21(26-9-6-14-12-27-19-5-4-15(23)11-17(14)19)28-16-7-10-29(13-16)20-18(22)3-2-8-25-20;/h2-5,8,11-12,16,27H,6-7,9-10,13H2,1H3,(H2,24,26,28);1H. The fourth-order valence-corrected chi connectivity index (χ4v) is 3.98. The molecule has 30 heavy (non-hydrogen) atoms. The number of benzene rings is 1. The van der Waals surface area contributed by atoms with Crippen molar-refractivity contribution in [1.82, 2.24) is 20.6 Å². The molecule has 2 aromatic heterocycles. The molecule has 1 fully saturated rings. The predicted molar refractivity (Wildman–Crippen MR) is 132 cm³/mol. The molecule has 1 saturated heterocycles. The van der Waals surface area contributed by atoms with Crippen molar-refractivity contribution in [2.24, 2.45) is 4.99 Å². The van der Waals surface area contributed by atoms with Gasteiger partial charge in [-0.25, -0.2) is 9.37 Å². The highest BCUT2D eigenvalue weighted by atomic mass is 127. The zero-order valence-corrected chi connectivity index (χ0v) is 19.7. The highest BCUT2D eigenvalue weighted by Gasteiger charge is 2.25. The monoisotopic (exact) mass is 542 g/mol.